The topological polar surface area (TPSA) is 26.3 Å². The van der Waals surface area contributed by atoms with Crippen LogP contribution in [0.4, 0.5) is 0 Å². The molecule has 0 unspecified atom stereocenters. The smallest absolute Gasteiger partial charge is 0.158 e. The standard InChI is InChI=1S/C24H42O2/c1-4-12-23(26-3)24(17-10-11-18-24)16-9-8-15-22(25)20(2)19-21-13-6-5-7-14-21/h8,15,20-21,23H,4-7,9-14,16-19H2,1-3H3/b15-8+/t20-,23+/m1/s1. The molecule has 0 amide bonds. The van der Waals surface area contributed by atoms with Crippen molar-refractivity contribution in [1.29, 1.82) is 0 Å². The number of methoxy groups -OCH3 is 1. The Balaban J connectivity index is 1.79. The lowest BCUT2D eigenvalue weighted by Gasteiger charge is -2.36. The van der Waals surface area contributed by atoms with Gasteiger partial charge in [0.15, 0.2) is 5.78 Å². The second-order valence-electron chi connectivity index (χ2n) is 9.07. The Morgan fingerprint density at radius 1 is 1.15 bits per heavy atom. The summed E-state index contributed by atoms with van der Waals surface area (Å²) in [6.45, 7) is 4.38. The van der Waals surface area contributed by atoms with Gasteiger partial charge in [-0.15, -0.1) is 0 Å². The molecule has 0 aromatic rings. The number of allylic oxidation sites excluding steroid dienone is 2. The fourth-order valence-corrected chi connectivity index (χ4v) is 5.52. The molecule has 2 saturated carbocycles. The van der Waals surface area contributed by atoms with Crippen molar-refractivity contribution in [3.63, 3.8) is 0 Å². The minimum absolute atomic E-state index is 0.196. The highest BCUT2D eigenvalue weighted by Gasteiger charge is 2.40. The average molecular weight is 363 g/mol. The third-order valence-corrected chi connectivity index (χ3v) is 7.11. The zero-order valence-corrected chi connectivity index (χ0v) is 17.6. The van der Waals surface area contributed by atoms with E-state index in [1.54, 1.807) is 0 Å². The van der Waals surface area contributed by atoms with Gasteiger partial charge in [0, 0.05) is 13.0 Å². The summed E-state index contributed by atoms with van der Waals surface area (Å²) in [7, 11) is 1.88. The molecular formula is C24H42O2. The van der Waals surface area contributed by atoms with Crippen LogP contribution in [-0.4, -0.2) is 19.0 Å². The molecule has 26 heavy (non-hydrogen) atoms. The number of carbonyl (C=O) groups is 1. The second kappa shape index (κ2) is 11.3. The average Bonchev–Trinajstić information content (AvgIpc) is 3.13. The zero-order chi connectivity index (χ0) is 18.8. The van der Waals surface area contributed by atoms with E-state index in [1.165, 1.54) is 70.6 Å². The van der Waals surface area contributed by atoms with Gasteiger partial charge in [-0.1, -0.05) is 71.3 Å². The normalized spacial score (nSPS) is 23.3. The van der Waals surface area contributed by atoms with Crippen molar-refractivity contribution >= 4 is 5.78 Å². The van der Waals surface area contributed by atoms with E-state index in [0.29, 0.717) is 17.3 Å². The summed E-state index contributed by atoms with van der Waals surface area (Å²) in [5.41, 5.74) is 0.353. The summed E-state index contributed by atoms with van der Waals surface area (Å²) in [5, 5.41) is 0. The lowest BCUT2D eigenvalue weighted by Crippen LogP contribution is -2.34. The van der Waals surface area contributed by atoms with Gasteiger partial charge >= 0.3 is 0 Å². The number of hydrogen-bond acceptors (Lipinski definition) is 2. The monoisotopic (exact) mass is 362 g/mol. The molecule has 0 aromatic heterocycles. The Hall–Kier alpha value is -0.630. The molecule has 2 aliphatic carbocycles. The molecule has 2 nitrogen and oxygen atoms in total. The molecule has 2 aliphatic rings. The molecule has 2 heteroatoms. The zero-order valence-electron chi connectivity index (χ0n) is 17.6. The van der Waals surface area contributed by atoms with Crippen LogP contribution >= 0.6 is 0 Å². The molecule has 0 bridgehead atoms. The molecule has 2 fully saturated rings. The van der Waals surface area contributed by atoms with Crippen LogP contribution in [0.2, 0.25) is 0 Å². The van der Waals surface area contributed by atoms with E-state index in [4.69, 9.17) is 4.74 Å². The van der Waals surface area contributed by atoms with Crippen LogP contribution in [0.25, 0.3) is 0 Å². The van der Waals surface area contributed by atoms with Crippen molar-refractivity contribution in [3.05, 3.63) is 12.2 Å². The van der Waals surface area contributed by atoms with E-state index in [-0.39, 0.29) is 5.92 Å². The maximum atomic E-state index is 12.5. The van der Waals surface area contributed by atoms with Crippen LogP contribution in [0.15, 0.2) is 12.2 Å². The largest absolute Gasteiger partial charge is 0.381 e. The quantitative estimate of drug-likeness (QED) is 0.375. The number of ether oxygens (including phenoxy) is 1. The van der Waals surface area contributed by atoms with Crippen molar-refractivity contribution in [2.45, 2.75) is 110 Å². The first-order valence-corrected chi connectivity index (χ1v) is 11.3. The SMILES string of the molecule is CCC[C@H](OC)C1(CC/C=C/C(=O)[C@H](C)CC2CCCCC2)CCCC1. The summed E-state index contributed by atoms with van der Waals surface area (Å²) >= 11 is 0. The second-order valence-corrected chi connectivity index (χ2v) is 9.07. The summed E-state index contributed by atoms with van der Waals surface area (Å²) in [6.07, 6.45) is 22.1. The molecule has 2 atom stereocenters. The van der Waals surface area contributed by atoms with Crippen molar-refractivity contribution in [2.24, 2.45) is 17.3 Å². The van der Waals surface area contributed by atoms with E-state index in [9.17, 15) is 4.79 Å². The van der Waals surface area contributed by atoms with Gasteiger partial charge in [-0.2, -0.15) is 0 Å². The van der Waals surface area contributed by atoms with Gasteiger partial charge in [0.1, 0.15) is 0 Å². The van der Waals surface area contributed by atoms with Crippen molar-refractivity contribution < 1.29 is 9.53 Å². The van der Waals surface area contributed by atoms with E-state index in [0.717, 1.165) is 25.2 Å². The first-order chi connectivity index (χ1) is 12.6. The molecular weight excluding hydrogens is 320 g/mol. The molecule has 0 N–H and O–H groups in total. The maximum Gasteiger partial charge on any atom is 0.158 e. The van der Waals surface area contributed by atoms with Crippen molar-refractivity contribution in [1.82, 2.24) is 0 Å². The highest BCUT2D eigenvalue weighted by molar-refractivity contribution is 5.91. The fourth-order valence-electron chi connectivity index (χ4n) is 5.52. The number of hydrogen-bond donors (Lipinski definition) is 0. The predicted octanol–water partition coefficient (Wildman–Crippen LogP) is 6.87. The first kappa shape index (κ1) is 21.7. The third kappa shape index (κ3) is 6.22. The van der Waals surface area contributed by atoms with Gasteiger partial charge < -0.3 is 4.74 Å². The molecule has 2 rings (SSSR count). The molecule has 150 valence electrons. The summed E-state index contributed by atoms with van der Waals surface area (Å²) < 4.78 is 5.89. The van der Waals surface area contributed by atoms with Crippen LogP contribution in [0, 0.1) is 17.3 Å². The maximum absolute atomic E-state index is 12.5. The molecule has 0 spiro atoms. The fraction of sp³-hybridized carbons (Fsp3) is 0.875. The molecule has 0 aromatic carbocycles. The van der Waals surface area contributed by atoms with E-state index in [1.807, 2.05) is 13.2 Å². The van der Waals surface area contributed by atoms with Crippen molar-refractivity contribution in [2.75, 3.05) is 7.11 Å². The summed E-state index contributed by atoms with van der Waals surface area (Å²) in [4.78, 5) is 12.5. The van der Waals surface area contributed by atoms with Crippen LogP contribution < -0.4 is 0 Å². The van der Waals surface area contributed by atoms with Crippen LogP contribution in [0.5, 0.6) is 0 Å². The molecule has 0 radical (unpaired) electrons. The Morgan fingerprint density at radius 2 is 1.85 bits per heavy atom. The van der Waals surface area contributed by atoms with E-state index < -0.39 is 0 Å². The van der Waals surface area contributed by atoms with Gasteiger partial charge in [0.25, 0.3) is 0 Å². The number of rotatable bonds is 11. The van der Waals surface area contributed by atoms with Gasteiger partial charge in [0.2, 0.25) is 0 Å². The number of ketones is 1. The van der Waals surface area contributed by atoms with Crippen LogP contribution in [0.1, 0.15) is 104 Å². The van der Waals surface area contributed by atoms with Crippen LogP contribution in [0.3, 0.4) is 0 Å². The summed E-state index contributed by atoms with van der Waals surface area (Å²) in [6, 6.07) is 0. The number of carbonyl (C=O) groups excluding carboxylic acids is 1. The van der Waals surface area contributed by atoms with E-state index >= 15 is 0 Å². The lowest BCUT2D eigenvalue weighted by atomic mass is 9.74. The van der Waals surface area contributed by atoms with Gasteiger partial charge in [-0.25, -0.2) is 0 Å². The Labute approximate surface area is 162 Å². The van der Waals surface area contributed by atoms with Gasteiger partial charge in [-0.3, -0.25) is 4.79 Å². The van der Waals surface area contributed by atoms with Crippen LogP contribution in [-0.2, 0) is 9.53 Å². The van der Waals surface area contributed by atoms with Crippen molar-refractivity contribution in [3.8, 4) is 0 Å². The Bertz CT molecular complexity index is 427. The Kier molecular flexibility index (Phi) is 9.39. The lowest BCUT2D eigenvalue weighted by molar-refractivity contribution is -0.118. The summed E-state index contributed by atoms with van der Waals surface area (Å²) in [5.74, 6) is 1.32. The van der Waals surface area contributed by atoms with Gasteiger partial charge in [0.05, 0.1) is 6.10 Å². The third-order valence-electron chi connectivity index (χ3n) is 7.11. The predicted molar refractivity (Wildman–Crippen MR) is 110 cm³/mol. The first-order valence-electron chi connectivity index (χ1n) is 11.3. The molecule has 0 heterocycles. The van der Waals surface area contributed by atoms with Gasteiger partial charge in [-0.05, 0) is 55.9 Å². The molecule has 0 saturated heterocycles. The van der Waals surface area contributed by atoms with E-state index in [2.05, 4.69) is 19.9 Å². The highest BCUT2D eigenvalue weighted by atomic mass is 16.5. The highest BCUT2D eigenvalue weighted by Crippen LogP contribution is 2.47. The molecule has 0 aliphatic heterocycles. The minimum Gasteiger partial charge on any atom is -0.381 e. The Morgan fingerprint density at radius 3 is 2.46 bits per heavy atom. The minimum atomic E-state index is 0.196.